The number of nitrogens with one attached hydrogen (secondary N) is 1. The van der Waals surface area contributed by atoms with Crippen molar-refractivity contribution in [3.05, 3.63) is 41.2 Å². The third-order valence-electron chi connectivity index (χ3n) is 6.75. The number of hydrogen-bond donors (Lipinski definition) is 1. The number of fused-ring (bicyclic) bond motifs is 2. The van der Waals surface area contributed by atoms with Crippen molar-refractivity contribution < 1.29 is 13.2 Å². The van der Waals surface area contributed by atoms with Crippen LogP contribution >= 0.6 is 0 Å². The van der Waals surface area contributed by atoms with Crippen molar-refractivity contribution in [3.63, 3.8) is 0 Å². The van der Waals surface area contributed by atoms with Crippen LogP contribution < -0.4 is 4.74 Å². The molecule has 0 amide bonds. The first kappa shape index (κ1) is 22.3. The average Bonchev–Trinajstić information content (AvgIpc) is 3.24. The molecule has 2 aliphatic heterocycles. The SMILES string of the molecule is CCN(CC)Cc1ccc(OC2C[C@H]3CC[C@@H](C2)N3S(=O)(=O)c2c(C)n[nH]c2C)cc1. The fourth-order valence-corrected chi connectivity index (χ4v) is 7.40. The lowest BCUT2D eigenvalue weighted by Gasteiger charge is -2.37. The fraction of sp³-hybridized carbons (Fsp3) is 0.609. The summed E-state index contributed by atoms with van der Waals surface area (Å²) in [6.07, 6.45) is 3.29. The minimum atomic E-state index is -3.56. The monoisotopic (exact) mass is 446 g/mol. The maximum atomic E-state index is 13.4. The molecule has 0 radical (unpaired) electrons. The van der Waals surface area contributed by atoms with Crippen molar-refractivity contribution in [1.29, 1.82) is 0 Å². The summed E-state index contributed by atoms with van der Waals surface area (Å²) >= 11 is 0. The second kappa shape index (κ2) is 8.92. The molecule has 0 saturated carbocycles. The Morgan fingerprint density at radius 3 is 2.23 bits per heavy atom. The Morgan fingerprint density at radius 1 is 1.10 bits per heavy atom. The average molecular weight is 447 g/mol. The van der Waals surface area contributed by atoms with Gasteiger partial charge in [0.25, 0.3) is 0 Å². The van der Waals surface area contributed by atoms with Gasteiger partial charge in [-0.05, 0) is 57.5 Å². The maximum Gasteiger partial charge on any atom is 0.247 e. The number of H-pyrrole nitrogens is 1. The van der Waals surface area contributed by atoms with Crippen molar-refractivity contribution in [2.45, 2.75) is 83.0 Å². The largest absolute Gasteiger partial charge is 0.490 e. The summed E-state index contributed by atoms with van der Waals surface area (Å²) in [7, 11) is -3.56. The van der Waals surface area contributed by atoms with Crippen LogP contribution in [0.5, 0.6) is 5.75 Å². The van der Waals surface area contributed by atoms with Gasteiger partial charge in [-0.1, -0.05) is 26.0 Å². The Labute approximate surface area is 185 Å². The van der Waals surface area contributed by atoms with Crippen molar-refractivity contribution >= 4 is 10.0 Å². The van der Waals surface area contributed by atoms with E-state index in [2.05, 4.69) is 41.1 Å². The summed E-state index contributed by atoms with van der Waals surface area (Å²) in [5.74, 6) is 0.866. The molecule has 0 spiro atoms. The molecule has 8 heteroatoms. The van der Waals surface area contributed by atoms with Crippen molar-refractivity contribution in [3.8, 4) is 5.75 Å². The van der Waals surface area contributed by atoms with Crippen LogP contribution in [0.3, 0.4) is 0 Å². The Morgan fingerprint density at radius 2 is 1.71 bits per heavy atom. The molecule has 1 aromatic heterocycles. The minimum absolute atomic E-state index is 0.00982. The summed E-state index contributed by atoms with van der Waals surface area (Å²) in [5, 5.41) is 6.91. The van der Waals surface area contributed by atoms with E-state index in [1.54, 1.807) is 18.2 Å². The predicted molar refractivity (Wildman–Crippen MR) is 121 cm³/mol. The number of aromatic amines is 1. The highest BCUT2D eigenvalue weighted by molar-refractivity contribution is 7.89. The lowest BCUT2D eigenvalue weighted by atomic mass is 10.0. The van der Waals surface area contributed by atoms with E-state index in [1.807, 2.05) is 12.1 Å². The second-order valence-corrected chi connectivity index (χ2v) is 10.6. The third kappa shape index (κ3) is 4.38. The summed E-state index contributed by atoms with van der Waals surface area (Å²) in [5.41, 5.74) is 2.43. The number of piperidine rings is 1. The third-order valence-corrected chi connectivity index (χ3v) is 9.01. The van der Waals surface area contributed by atoms with Crippen LogP contribution in [0, 0.1) is 13.8 Å². The molecular formula is C23H34N4O3S. The molecule has 4 rings (SSSR count). The Bertz CT molecular complexity index is 965. The molecule has 170 valence electrons. The van der Waals surface area contributed by atoms with Gasteiger partial charge in [-0.15, -0.1) is 0 Å². The van der Waals surface area contributed by atoms with Crippen LogP contribution in [-0.2, 0) is 16.6 Å². The molecule has 7 nitrogen and oxygen atoms in total. The number of hydrogen-bond acceptors (Lipinski definition) is 5. The zero-order valence-electron chi connectivity index (χ0n) is 19.0. The molecule has 3 atom stereocenters. The first-order chi connectivity index (χ1) is 14.8. The first-order valence-electron chi connectivity index (χ1n) is 11.4. The molecule has 2 aliphatic rings. The molecule has 1 aromatic carbocycles. The molecular weight excluding hydrogens is 412 g/mol. The van der Waals surface area contributed by atoms with Gasteiger partial charge in [0.05, 0.1) is 11.4 Å². The van der Waals surface area contributed by atoms with Gasteiger partial charge >= 0.3 is 0 Å². The van der Waals surface area contributed by atoms with Crippen LogP contribution in [0.25, 0.3) is 0 Å². The highest BCUT2D eigenvalue weighted by atomic mass is 32.2. The standard InChI is InChI=1S/C23H34N4O3S/c1-5-26(6-2)15-18-7-11-21(12-8-18)30-22-13-19-9-10-20(14-22)27(19)31(28,29)23-16(3)24-25-17(23)4/h7-8,11-12,19-20,22H,5-6,9-10,13-15H2,1-4H3,(H,24,25)/t19-,20+,22?. The molecule has 31 heavy (non-hydrogen) atoms. The Hall–Kier alpha value is -1.90. The quantitative estimate of drug-likeness (QED) is 0.670. The van der Waals surface area contributed by atoms with Gasteiger partial charge in [0, 0.05) is 31.5 Å². The topological polar surface area (TPSA) is 78.5 Å². The molecule has 2 fully saturated rings. The normalized spacial score (nSPS) is 24.1. The lowest BCUT2D eigenvalue weighted by molar-refractivity contribution is 0.0956. The molecule has 2 saturated heterocycles. The van der Waals surface area contributed by atoms with E-state index >= 15 is 0 Å². The van der Waals surface area contributed by atoms with Gasteiger partial charge in [-0.2, -0.15) is 9.40 Å². The molecule has 0 aliphatic carbocycles. The zero-order valence-corrected chi connectivity index (χ0v) is 19.8. The van der Waals surface area contributed by atoms with Gasteiger partial charge in [0.1, 0.15) is 16.7 Å². The van der Waals surface area contributed by atoms with Crippen molar-refractivity contribution in [2.75, 3.05) is 13.1 Å². The van der Waals surface area contributed by atoms with Crippen molar-refractivity contribution in [1.82, 2.24) is 19.4 Å². The Kier molecular flexibility index (Phi) is 6.42. The predicted octanol–water partition coefficient (Wildman–Crippen LogP) is 3.63. The Balaban J connectivity index is 1.43. The van der Waals surface area contributed by atoms with Crippen LogP contribution in [0.4, 0.5) is 0 Å². The maximum absolute atomic E-state index is 13.4. The number of aryl methyl sites for hydroxylation is 2. The summed E-state index contributed by atoms with van der Waals surface area (Å²) in [6.45, 7) is 10.9. The van der Waals surface area contributed by atoms with Gasteiger partial charge in [0.2, 0.25) is 10.0 Å². The van der Waals surface area contributed by atoms with E-state index in [9.17, 15) is 8.42 Å². The van der Waals surface area contributed by atoms with Crippen LogP contribution in [0.1, 0.15) is 56.5 Å². The number of aromatic nitrogens is 2. The highest BCUT2D eigenvalue weighted by Crippen LogP contribution is 2.41. The van der Waals surface area contributed by atoms with E-state index in [4.69, 9.17) is 4.74 Å². The minimum Gasteiger partial charge on any atom is -0.490 e. The van der Waals surface area contributed by atoms with Crippen LogP contribution in [0.2, 0.25) is 0 Å². The smallest absolute Gasteiger partial charge is 0.247 e. The molecule has 1 unspecified atom stereocenters. The van der Waals surface area contributed by atoms with E-state index in [0.717, 1.165) is 51.1 Å². The molecule has 3 heterocycles. The summed E-state index contributed by atoms with van der Waals surface area (Å²) in [6, 6.07) is 8.33. The second-order valence-electron chi connectivity index (χ2n) is 8.80. The van der Waals surface area contributed by atoms with Gasteiger partial charge in [-0.3, -0.25) is 10.00 Å². The summed E-state index contributed by atoms with van der Waals surface area (Å²) in [4.78, 5) is 2.72. The summed E-state index contributed by atoms with van der Waals surface area (Å²) < 4.78 is 34.9. The van der Waals surface area contributed by atoms with Gasteiger partial charge in [-0.25, -0.2) is 8.42 Å². The lowest BCUT2D eigenvalue weighted by Crippen LogP contribution is -2.49. The van der Waals surface area contributed by atoms with E-state index in [-0.39, 0.29) is 18.2 Å². The van der Waals surface area contributed by atoms with E-state index in [0.29, 0.717) is 16.3 Å². The van der Waals surface area contributed by atoms with Crippen LogP contribution in [0.15, 0.2) is 29.2 Å². The number of rotatable bonds is 8. The number of nitrogens with zero attached hydrogens (tertiary/aromatic N) is 3. The molecule has 2 bridgehead atoms. The fourth-order valence-electron chi connectivity index (χ4n) is 5.17. The molecule has 2 aromatic rings. The molecule has 1 N–H and O–H groups in total. The van der Waals surface area contributed by atoms with E-state index < -0.39 is 10.0 Å². The van der Waals surface area contributed by atoms with Gasteiger partial charge < -0.3 is 4.74 Å². The van der Waals surface area contributed by atoms with Gasteiger partial charge in [0.15, 0.2) is 0 Å². The van der Waals surface area contributed by atoms with Crippen LogP contribution in [-0.4, -0.2) is 59.1 Å². The van der Waals surface area contributed by atoms with Crippen molar-refractivity contribution in [2.24, 2.45) is 0 Å². The number of benzene rings is 1. The number of sulfonamides is 1. The highest BCUT2D eigenvalue weighted by Gasteiger charge is 2.48. The first-order valence-corrected chi connectivity index (χ1v) is 12.8. The number of ether oxygens (including phenoxy) is 1. The van der Waals surface area contributed by atoms with E-state index in [1.165, 1.54) is 5.56 Å². The zero-order chi connectivity index (χ0) is 22.2.